The van der Waals surface area contributed by atoms with Gasteiger partial charge in [-0.1, -0.05) is 18.2 Å². The Bertz CT molecular complexity index is 658. The molecule has 3 N–H and O–H groups in total. The highest BCUT2D eigenvalue weighted by Crippen LogP contribution is 2.39. The average molecular weight is 412 g/mol. The van der Waals surface area contributed by atoms with Gasteiger partial charge in [-0.3, -0.25) is 4.79 Å². The van der Waals surface area contributed by atoms with Crippen molar-refractivity contribution in [2.75, 3.05) is 33.0 Å². The molecule has 1 aromatic rings. The topological polar surface area (TPSA) is 140 Å². The number of ether oxygens (including phenoxy) is 3. The Balaban J connectivity index is 0.00000178. The van der Waals surface area contributed by atoms with Crippen LogP contribution in [0.3, 0.4) is 0 Å². The SMILES string of the molecule is CCOc1cc(C=CC=CC(=O)NCCO)cc(OCC)c1OCC.O=[N+]([O-])O. The Labute approximate surface area is 169 Å². The summed E-state index contributed by atoms with van der Waals surface area (Å²) in [6.45, 7) is 7.43. The van der Waals surface area contributed by atoms with E-state index in [-0.39, 0.29) is 19.1 Å². The molecule has 29 heavy (non-hydrogen) atoms. The number of amides is 1. The Morgan fingerprint density at radius 1 is 1.10 bits per heavy atom. The number of hydrogen-bond donors (Lipinski definition) is 3. The van der Waals surface area contributed by atoms with Crippen LogP contribution in [-0.4, -0.2) is 54.3 Å². The van der Waals surface area contributed by atoms with E-state index in [9.17, 15) is 4.79 Å². The molecule has 10 heteroatoms. The quantitative estimate of drug-likeness (QED) is 0.217. The molecule has 162 valence electrons. The number of carbonyl (C=O) groups excluding carboxylic acids is 1. The molecular formula is C19H28N2O8. The van der Waals surface area contributed by atoms with Gasteiger partial charge in [-0.25, -0.2) is 0 Å². The fourth-order valence-corrected chi connectivity index (χ4v) is 2.05. The van der Waals surface area contributed by atoms with Gasteiger partial charge in [0.1, 0.15) is 0 Å². The number of aliphatic hydroxyl groups is 1. The van der Waals surface area contributed by atoms with Gasteiger partial charge in [0, 0.05) is 12.6 Å². The third kappa shape index (κ3) is 11.9. The second kappa shape index (κ2) is 15.8. The zero-order valence-electron chi connectivity index (χ0n) is 16.8. The molecule has 0 unspecified atom stereocenters. The lowest BCUT2D eigenvalue weighted by Gasteiger charge is -2.16. The van der Waals surface area contributed by atoms with Crippen LogP contribution in [-0.2, 0) is 4.79 Å². The number of allylic oxidation sites excluding steroid dienone is 2. The number of carbonyl (C=O) groups is 1. The Hall–Kier alpha value is -3.27. The van der Waals surface area contributed by atoms with Crippen molar-refractivity contribution in [3.8, 4) is 17.2 Å². The van der Waals surface area contributed by atoms with Gasteiger partial charge in [-0.05, 0) is 38.5 Å². The molecule has 0 aliphatic heterocycles. The van der Waals surface area contributed by atoms with Gasteiger partial charge < -0.3 is 29.8 Å². The normalized spacial score (nSPS) is 10.3. The summed E-state index contributed by atoms with van der Waals surface area (Å²) in [6, 6.07) is 3.74. The smallest absolute Gasteiger partial charge is 0.291 e. The molecule has 1 aromatic carbocycles. The van der Waals surface area contributed by atoms with Crippen LogP contribution in [0.5, 0.6) is 17.2 Å². The predicted octanol–water partition coefficient (Wildman–Crippen LogP) is 2.21. The molecule has 0 atom stereocenters. The van der Waals surface area contributed by atoms with Gasteiger partial charge in [0.15, 0.2) is 11.5 Å². The van der Waals surface area contributed by atoms with Crippen LogP contribution in [0.2, 0.25) is 0 Å². The summed E-state index contributed by atoms with van der Waals surface area (Å²) in [7, 11) is 0. The highest BCUT2D eigenvalue weighted by atomic mass is 16.9. The van der Waals surface area contributed by atoms with Crippen molar-refractivity contribution in [2.24, 2.45) is 0 Å². The molecule has 0 saturated heterocycles. The fourth-order valence-electron chi connectivity index (χ4n) is 2.05. The second-order valence-electron chi connectivity index (χ2n) is 5.12. The molecule has 0 aliphatic rings. The zero-order chi connectivity index (χ0) is 22.1. The van der Waals surface area contributed by atoms with Crippen molar-refractivity contribution >= 4 is 12.0 Å². The molecule has 10 nitrogen and oxygen atoms in total. The average Bonchev–Trinajstić information content (AvgIpc) is 2.66. The molecule has 0 fully saturated rings. The van der Waals surface area contributed by atoms with Crippen molar-refractivity contribution in [3.05, 3.63) is 46.0 Å². The number of nitrogens with one attached hydrogen (secondary N) is 1. The summed E-state index contributed by atoms with van der Waals surface area (Å²) in [4.78, 5) is 19.8. The highest BCUT2D eigenvalue weighted by Gasteiger charge is 2.13. The zero-order valence-corrected chi connectivity index (χ0v) is 16.8. The summed E-state index contributed by atoms with van der Waals surface area (Å²) in [5, 5.41) is 24.8. The van der Waals surface area contributed by atoms with Crippen LogP contribution in [0.25, 0.3) is 6.08 Å². The van der Waals surface area contributed by atoms with E-state index in [1.807, 2.05) is 39.0 Å². The summed E-state index contributed by atoms with van der Waals surface area (Å²) < 4.78 is 17.0. The molecule has 1 rings (SSSR count). The predicted molar refractivity (Wildman–Crippen MR) is 107 cm³/mol. The molecule has 0 radical (unpaired) electrons. The summed E-state index contributed by atoms with van der Waals surface area (Å²) in [5.74, 6) is 1.59. The van der Waals surface area contributed by atoms with Gasteiger partial charge >= 0.3 is 0 Å². The number of nitrogens with zero attached hydrogens (tertiary/aromatic N) is 1. The standard InChI is InChI=1S/C19H27NO5.HNO3/c1-4-23-16-13-15(9-7-8-10-18(22)20-11-12-21)14-17(24-5-2)19(16)25-6-3;2-1(3)4/h7-10,13-14,21H,4-6,11-12H2,1-3H3,(H,20,22);(H,2,3,4). The van der Waals surface area contributed by atoms with Gasteiger partial charge in [-0.15, -0.1) is 10.1 Å². The molecule has 0 saturated carbocycles. The van der Waals surface area contributed by atoms with Crippen molar-refractivity contribution in [2.45, 2.75) is 20.8 Å². The number of aliphatic hydroxyl groups excluding tert-OH is 1. The Kier molecular flexibility index (Phi) is 14.0. The van der Waals surface area contributed by atoms with Crippen molar-refractivity contribution in [1.29, 1.82) is 0 Å². The van der Waals surface area contributed by atoms with Gasteiger partial charge in [0.05, 0.1) is 26.4 Å². The van der Waals surface area contributed by atoms with E-state index < -0.39 is 5.09 Å². The van der Waals surface area contributed by atoms with E-state index in [1.165, 1.54) is 6.08 Å². The van der Waals surface area contributed by atoms with Gasteiger partial charge in [0.25, 0.3) is 5.09 Å². The lowest BCUT2D eigenvalue weighted by Crippen LogP contribution is -2.24. The van der Waals surface area contributed by atoms with Crippen LogP contribution in [0.4, 0.5) is 0 Å². The summed E-state index contributed by atoms with van der Waals surface area (Å²) in [6.07, 6.45) is 6.62. The van der Waals surface area contributed by atoms with Crippen LogP contribution in [0, 0.1) is 10.1 Å². The van der Waals surface area contributed by atoms with Crippen molar-refractivity contribution in [1.82, 2.24) is 5.32 Å². The van der Waals surface area contributed by atoms with E-state index in [0.717, 1.165) is 5.56 Å². The molecule has 0 spiro atoms. The first kappa shape index (κ1) is 25.7. The van der Waals surface area contributed by atoms with E-state index in [0.29, 0.717) is 37.1 Å². The van der Waals surface area contributed by atoms with E-state index in [4.69, 9.17) is 34.6 Å². The largest absolute Gasteiger partial charge is 0.490 e. The van der Waals surface area contributed by atoms with Crippen LogP contribution < -0.4 is 19.5 Å². The minimum Gasteiger partial charge on any atom is -0.490 e. The number of benzene rings is 1. The van der Waals surface area contributed by atoms with Crippen LogP contribution in [0.15, 0.2) is 30.4 Å². The number of rotatable bonds is 11. The number of hydrogen-bond acceptors (Lipinski definition) is 7. The minimum absolute atomic E-state index is 0.0813. The van der Waals surface area contributed by atoms with E-state index >= 15 is 0 Å². The first-order valence-electron chi connectivity index (χ1n) is 9.02. The maximum atomic E-state index is 11.4. The minimum atomic E-state index is -1.50. The maximum Gasteiger partial charge on any atom is 0.291 e. The van der Waals surface area contributed by atoms with Crippen LogP contribution in [0.1, 0.15) is 26.3 Å². The van der Waals surface area contributed by atoms with E-state index in [2.05, 4.69) is 5.32 Å². The fraction of sp³-hybridized carbons (Fsp3) is 0.421. The first-order chi connectivity index (χ1) is 13.9. The Morgan fingerprint density at radius 3 is 2.07 bits per heavy atom. The third-order valence-corrected chi connectivity index (χ3v) is 2.99. The van der Waals surface area contributed by atoms with Crippen LogP contribution >= 0.6 is 0 Å². The Morgan fingerprint density at radius 2 is 1.62 bits per heavy atom. The molecule has 0 heterocycles. The van der Waals surface area contributed by atoms with Crippen molar-refractivity contribution < 1.29 is 34.4 Å². The molecule has 0 aromatic heterocycles. The highest BCUT2D eigenvalue weighted by molar-refractivity contribution is 5.87. The summed E-state index contributed by atoms with van der Waals surface area (Å²) >= 11 is 0. The molecule has 0 aliphatic carbocycles. The first-order valence-corrected chi connectivity index (χ1v) is 9.02. The lowest BCUT2D eigenvalue weighted by atomic mass is 10.1. The molecule has 0 bridgehead atoms. The third-order valence-electron chi connectivity index (χ3n) is 2.99. The van der Waals surface area contributed by atoms with Gasteiger partial charge in [-0.2, -0.15) is 0 Å². The monoisotopic (exact) mass is 412 g/mol. The summed E-state index contributed by atoms with van der Waals surface area (Å²) in [5.41, 5.74) is 0.871. The molecule has 1 amide bonds. The van der Waals surface area contributed by atoms with Crippen molar-refractivity contribution in [3.63, 3.8) is 0 Å². The maximum absolute atomic E-state index is 11.4. The van der Waals surface area contributed by atoms with E-state index in [1.54, 1.807) is 12.2 Å². The lowest BCUT2D eigenvalue weighted by molar-refractivity contribution is -0.742. The van der Waals surface area contributed by atoms with Gasteiger partial charge in [0.2, 0.25) is 11.7 Å². The second-order valence-corrected chi connectivity index (χ2v) is 5.12. The molecular weight excluding hydrogens is 384 g/mol.